The number of methoxy groups -OCH3 is 1. The maximum Gasteiger partial charge on any atom is 0.307 e. The largest absolute Gasteiger partial charge is 0.469 e. The van der Waals surface area contributed by atoms with Gasteiger partial charge >= 0.3 is 5.97 Å². The Balaban J connectivity index is 3.07. The summed E-state index contributed by atoms with van der Waals surface area (Å²) in [6.07, 6.45) is 0.155. The van der Waals surface area contributed by atoms with Crippen molar-refractivity contribution in [1.29, 1.82) is 0 Å². The van der Waals surface area contributed by atoms with Gasteiger partial charge in [0, 0.05) is 0 Å². The minimum atomic E-state index is -0.623. The maximum atomic E-state index is 13.5. The lowest BCUT2D eigenvalue weighted by Gasteiger charge is -2.29. The van der Waals surface area contributed by atoms with Crippen molar-refractivity contribution in [2.24, 2.45) is 0 Å². The molecule has 1 atom stereocenters. The smallest absolute Gasteiger partial charge is 0.307 e. The van der Waals surface area contributed by atoms with Crippen LogP contribution >= 0.6 is 0 Å². The van der Waals surface area contributed by atoms with E-state index in [-0.39, 0.29) is 18.2 Å². The van der Waals surface area contributed by atoms with Crippen LogP contribution < -0.4 is 5.32 Å². The van der Waals surface area contributed by atoms with Gasteiger partial charge in [-0.1, -0.05) is 12.1 Å². The third-order valence-corrected chi connectivity index (χ3v) is 3.09. The number of carbonyl (C=O) groups excluding carboxylic acids is 1. The van der Waals surface area contributed by atoms with Crippen molar-refractivity contribution < 1.29 is 13.9 Å². The topological polar surface area (TPSA) is 38.3 Å². The summed E-state index contributed by atoms with van der Waals surface area (Å²) in [5.74, 6) is -0.600. The molecule has 0 aliphatic rings. The van der Waals surface area contributed by atoms with E-state index in [0.717, 1.165) is 5.56 Å². The molecule has 0 spiro atoms. The Bertz CT molecular complexity index is 420. The Morgan fingerprint density at radius 2 is 2.18 bits per heavy atom. The highest BCUT2D eigenvalue weighted by atomic mass is 19.1. The van der Waals surface area contributed by atoms with E-state index in [9.17, 15) is 9.18 Å². The third-order valence-electron chi connectivity index (χ3n) is 3.09. The first-order valence-corrected chi connectivity index (χ1v) is 5.45. The van der Waals surface area contributed by atoms with Crippen LogP contribution in [0, 0.1) is 12.7 Å². The van der Waals surface area contributed by atoms with E-state index in [4.69, 9.17) is 0 Å². The number of aryl methyl sites for hydroxylation is 1. The number of carbonyl (C=O) groups is 1. The van der Waals surface area contributed by atoms with Gasteiger partial charge in [-0.05, 0) is 38.1 Å². The average Bonchev–Trinajstić information content (AvgIpc) is 2.32. The lowest BCUT2D eigenvalue weighted by atomic mass is 9.88. The van der Waals surface area contributed by atoms with Crippen molar-refractivity contribution in [3.8, 4) is 0 Å². The zero-order chi connectivity index (χ0) is 13.1. The molecule has 1 aromatic carbocycles. The number of hydrogen-bond donors (Lipinski definition) is 1. The summed E-state index contributed by atoms with van der Waals surface area (Å²) in [5, 5.41) is 3.04. The number of esters is 1. The summed E-state index contributed by atoms with van der Waals surface area (Å²) in [6, 6.07) is 4.98. The fourth-order valence-corrected chi connectivity index (χ4v) is 1.63. The number of nitrogens with one attached hydrogen (secondary N) is 1. The van der Waals surface area contributed by atoms with Gasteiger partial charge in [-0.2, -0.15) is 0 Å². The van der Waals surface area contributed by atoms with E-state index in [1.165, 1.54) is 13.2 Å². The van der Waals surface area contributed by atoms with Crippen molar-refractivity contribution in [3.63, 3.8) is 0 Å². The number of benzene rings is 1. The van der Waals surface area contributed by atoms with Crippen molar-refractivity contribution in [2.75, 3.05) is 14.2 Å². The fourth-order valence-electron chi connectivity index (χ4n) is 1.63. The highest BCUT2D eigenvalue weighted by Gasteiger charge is 2.28. The Morgan fingerprint density at radius 3 is 2.65 bits per heavy atom. The number of hydrogen-bond acceptors (Lipinski definition) is 3. The zero-order valence-corrected chi connectivity index (χ0v) is 10.6. The average molecular weight is 239 g/mol. The van der Waals surface area contributed by atoms with Gasteiger partial charge < -0.3 is 10.1 Å². The Labute approximate surface area is 101 Å². The normalized spacial score (nSPS) is 14.2. The molecule has 0 aliphatic heterocycles. The highest BCUT2D eigenvalue weighted by molar-refractivity contribution is 5.71. The fraction of sp³-hybridized carbons (Fsp3) is 0.462. The molecule has 17 heavy (non-hydrogen) atoms. The SMILES string of the molecule is CNC(C)(CC(=O)OC)c1ccc(C)c(F)c1. The van der Waals surface area contributed by atoms with Crippen LogP contribution in [0.25, 0.3) is 0 Å². The van der Waals surface area contributed by atoms with Crippen LogP contribution in [0.5, 0.6) is 0 Å². The molecule has 1 rings (SSSR count). The molecule has 0 aliphatic carbocycles. The first-order chi connectivity index (χ1) is 7.92. The van der Waals surface area contributed by atoms with Crippen LogP contribution in [0.3, 0.4) is 0 Å². The van der Waals surface area contributed by atoms with E-state index in [1.54, 1.807) is 20.0 Å². The minimum Gasteiger partial charge on any atom is -0.469 e. The second kappa shape index (κ2) is 5.27. The molecular weight excluding hydrogens is 221 g/mol. The molecular formula is C13H18FNO2. The third kappa shape index (κ3) is 3.03. The van der Waals surface area contributed by atoms with Crippen LogP contribution in [0.2, 0.25) is 0 Å². The minimum absolute atomic E-state index is 0.155. The predicted octanol–water partition coefficient (Wildman–Crippen LogP) is 2.13. The van der Waals surface area contributed by atoms with Gasteiger partial charge in [0.1, 0.15) is 5.82 Å². The first-order valence-electron chi connectivity index (χ1n) is 5.45. The molecule has 1 N–H and O–H groups in total. The van der Waals surface area contributed by atoms with E-state index >= 15 is 0 Å². The summed E-state index contributed by atoms with van der Waals surface area (Å²) >= 11 is 0. The number of rotatable bonds is 4. The highest BCUT2D eigenvalue weighted by Crippen LogP contribution is 2.26. The van der Waals surface area contributed by atoms with Gasteiger partial charge in [-0.3, -0.25) is 4.79 Å². The standard InChI is InChI=1S/C13H18FNO2/c1-9-5-6-10(7-11(9)14)13(2,15-3)8-12(16)17-4/h5-7,15H,8H2,1-4H3. The summed E-state index contributed by atoms with van der Waals surface area (Å²) < 4.78 is 18.2. The molecule has 0 radical (unpaired) electrons. The van der Waals surface area contributed by atoms with Crippen LogP contribution in [-0.2, 0) is 15.1 Å². The van der Waals surface area contributed by atoms with E-state index in [2.05, 4.69) is 10.1 Å². The molecule has 0 saturated carbocycles. The molecule has 0 bridgehead atoms. The first kappa shape index (κ1) is 13.6. The van der Waals surface area contributed by atoms with Crippen LogP contribution in [0.4, 0.5) is 4.39 Å². The van der Waals surface area contributed by atoms with Crippen LogP contribution in [-0.4, -0.2) is 20.1 Å². The molecule has 94 valence electrons. The molecule has 4 heteroatoms. The van der Waals surface area contributed by atoms with Crippen molar-refractivity contribution in [2.45, 2.75) is 25.8 Å². The van der Waals surface area contributed by atoms with Gasteiger partial charge in [-0.25, -0.2) is 4.39 Å². The lowest BCUT2D eigenvalue weighted by molar-refractivity contribution is -0.142. The van der Waals surface area contributed by atoms with Gasteiger partial charge in [0.2, 0.25) is 0 Å². The molecule has 3 nitrogen and oxygen atoms in total. The lowest BCUT2D eigenvalue weighted by Crippen LogP contribution is -2.39. The van der Waals surface area contributed by atoms with Crippen LogP contribution in [0.15, 0.2) is 18.2 Å². The number of ether oxygens (including phenoxy) is 1. The Kier molecular flexibility index (Phi) is 4.23. The van der Waals surface area contributed by atoms with Gasteiger partial charge in [0.25, 0.3) is 0 Å². The van der Waals surface area contributed by atoms with Crippen molar-refractivity contribution >= 4 is 5.97 Å². The molecule has 1 aromatic rings. The summed E-state index contributed by atoms with van der Waals surface area (Å²) in [6.45, 7) is 3.55. The zero-order valence-electron chi connectivity index (χ0n) is 10.6. The van der Waals surface area contributed by atoms with E-state index in [1.807, 2.05) is 13.0 Å². The van der Waals surface area contributed by atoms with Crippen LogP contribution in [0.1, 0.15) is 24.5 Å². The number of halogens is 1. The molecule has 1 unspecified atom stereocenters. The van der Waals surface area contributed by atoms with E-state index in [0.29, 0.717) is 5.56 Å². The molecule has 0 amide bonds. The monoisotopic (exact) mass is 239 g/mol. The second-order valence-electron chi connectivity index (χ2n) is 4.30. The van der Waals surface area contributed by atoms with Gasteiger partial charge in [-0.15, -0.1) is 0 Å². The molecule has 0 heterocycles. The molecule has 0 fully saturated rings. The summed E-state index contributed by atoms with van der Waals surface area (Å²) in [4.78, 5) is 11.4. The molecule has 0 aromatic heterocycles. The Morgan fingerprint density at radius 1 is 1.53 bits per heavy atom. The Hall–Kier alpha value is -1.42. The van der Waals surface area contributed by atoms with Crippen molar-refractivity contribution in [3.05, 3.63) is 35.1 Å². The second-order valence-corrected chi connectivity index (χ2v) is 4.30. The van der Waals surface area contributed by atoms with Crippen molar-refractivity contribution in [1.82, 2.24) is 5.32 Å². The summed E-state index contributed by atoms with van der Waals surface area (Å²) in [7, 11) is 3.08. The molecule has 0 saturated heterocycles. The predicted molar refractivity (Wildman–Crippen MR) is 64.2 cm³/mol. The summed E-state index contributed by atoms with van der Waals surface area (Å²) in [5.41, 5.74) is 0.695. The van der Waals surface area contributed by atoms with Gasteiger partial charge in [0.15, 0.2) is 0 Å². The maximum absolute atomic E-state index is 13.5. The van der Waals surface area contributed by atoms with E-state index < -0.39 is 5.54 Å². The quantitative estimate of drug-likeness (QED) is 0.818. The van der Waals surface area contributed by atoms with Gasteiger partial charge in [0.05, 0.1) is 19.1 Å².